The number of benzene rings is 2. The van der Waals surface area contributed by atoms with E-state index in [9.17, 15) is 4.79 Å². The third kappa shape index (κ3) is 5.28. The van der Waals surface area contributed by atoms with Gasteiger partial charge in [-0.3, -0.25) is 9.78 Å². The van der Waals surface area contributed by atoms with Crippen LogP contribution in [0.2, 0.25) is 0 Å². The molecule has 0 saturated heterocycles. The van der Waals surface area contributed by atoms with E-state index in [0.717, 1.165) is 21.1 Å². The number of hydrogen-bond acceptors (Lipinski definition) is 6. The predicted molar refractivity (Wildman–Crippen MR) is 121 cm³/mol. The van der Waals surface area contributed by atoms with Gasteiger partial charge in [-0.15, -0.1) is 0 Å². The van der Waals surface area contributed by atoms with E-state index in [-0.39, 0.29) is 12.0 Å². The Hall–Kier alpha value is -3.23. The third-order valence-corrected chi connectivity index (χ3v) is 5.01. The van der Waals surface area contributed by atoms with Gasteiger partial charge in [0, 0.05) is 29.2 Å². The number of rotatable bonds is 8. The Labute approximate surface area is 187 Å². The van der Waals surface area contributed by atoms with Crippen molar-refractivity contribution in [3.63, 3.8) is 0 Å². The Morgan fingerprint density at radius 1 is 1.00 bits per heavy atom. The fourth-order valence-electron chi connectivity index (χ4n) is 2.96. The first-order chi connectivity index (χ1) is 15.1. The first-order valence-corrected chi connectivity index (χ1v) is 10.4. The highest BCUT2D eigenvalue weighted by Gasteiger charge is 2.07. The number of methoxy groups -OCH3 is 1. The van der Waals surface area contributed by atoms with E-state index >= 15 is 0 Å². The van der Waals surface area contributed by atoms with Crippen molar-refractivity contribution in [2.24, 2.45) is 0 Å². The Balaban J connectivity index is 1.52. The first kappa shape index (κ1) is 21.0. The van der Waals surface area contributed by atoms with Gasteiger partial charge in [0.25, 0.3) is 0 Å². The van der Waals surface area contributed by atoms with Crippen molar-refractivity contribution in [3.05, 3.63) is 87.4 Å². The SMILES string of the molecule is COCCOc1cnc2ccc(OCc3nn(-c4cccc(Br)c4)ccc3=O)cc2c1. The standard InChI is InChI=1S/C23H20BrN3O4/c1-29-9-10-30-20-12-16-11-19(5-6-21(16)25-14-20)31-15-22-23(28)7-8-27(26-22)18-4-2-3-17(24)13-18/h2-8,11-14H,9-10,15H2,1H3. The van der Waals surface area contributed by atoms with Crippen LogP contribution in [0, 0.1) is 0 Å². The minimum atomic E-state index is -0.178. The van der Waals surface area contributed by atoms with Crippen LogP contribution >= 0.6 is 15.9 Å². The molecule has 4 aromatic rings. The number of halogens is 1. The van der Waals surface area contributed by atoms with Crippen molar-refractivity contribution in [1.82, 2.24) is 14.8 Å². The van der Waals surface area contributed by atoms with Crippen molar-refractivity contribution in [2.75, 3.05) is 20.3 Å². The maximum atomic E-state index is 12.3. The van der Waals surface area contributed by atoms with Crippen molar-refractivity contribution in [1.29, 1.82) is 0 Å². The normalized spacial score (nSPS) is 10.9. The molecular formula is C23H20BrN3O4. The number of aromatic nitrogens is 3. The predicted octanol–water partition coefficient (Wildman–Crippen LogP) is 4.15. The van der Waals surface area contributed by atoms with E-state index < -0.39 is 0 Å². The smallest absolute Gasteiger partial charge is 0.206 e. The van der Waals surface area contributed by atoms with E-state index in [0.29, 0.717) is 30.4 Å². The molecule has 0 aliphatic carbocycles. The van der Waals surface area contributed by atoms with Crippen LogP contribution in [0.15, 0.2) is 76.3 Å². The number of nitrogens with zero attached hydrogens (tertiary/aromatic N) is 3. The lowest BCUT2D eigenvalue weighted by molar-refractivity contribution is 0.146. The molecule has 0 aliphatic heterocycles. The molecule has 7 nitrogen and oxygen atoms in total. The molecule has 0 aliphatic rings. The van der Waals surface area contributed by atoms with Gasteiger partial charge in [0.2, 0.25) is 5.43 Å². The van der Waals surface area contributed by atoms with Crippen LogP contribution in [0.25, 0.3) is 16.6 Å². The molecule has 0 amide bonds. The van der Waals surface area contributed by atoms with Crippen molar-refractivity contribution in [2.45, 2.75) is 6.61 Å². The molecule has 0 radical (unpaired) electrons. The molecule has 31 heavy (non-hydrogen) atoms. The zero-order valence-corrected chi connectivity index (χ0v) is 18.4. The second-order valence-corrected chi connectivity index (χ2v) is 7.62. The second kappa shape index (κ2) is 9.72. The van der Waals surface area contributed by atoms with Gasteiger partial charge in [-0.2, -0.15) is 5.10 Å². The summed E-state index contributed by atoms with van der Waals surface area (Å²) in [7, 11) is 1.63. The third-order valence-electron chi connectivity index (χ3n) is 4.51. The molecule has 0 saturated carbocycles. The summed E-state index contributed by atoms with van der Waals surface area (Å²) in [6.07, 6.45) is 3.32. The summed E-state index contributed by atoms with van der Waals surface area (Å²) in [6.45, 7) is 1.00. The maximum absolute atomic E-state index is 12.3. The lowest BCUT2D eigenvalue weighted by Crippen LogP contribution is -2.17. The minimum Gasteiger partial charge on any atom is -0.490 e. The summed E-state index contributed by atoms with van der Waals surface area (Å²) in [5.74, 6) is 1.27. The molecule has 2 aromatic carbocycles. The molecule has 2 heterocycles. The molecule has 0 bridgehead atoms. The Morgan fingerprint density at radius 2 is 1.87 bits per heavy atom. The van der Waals surface area contributed by atoms with Crippen LogP contribution in [-0.2, 0) is 11.3 Å². The fraction of sp³-hybridized carbons (Fsp3) is 0.174. The van der Waals surface area contributed by atoms with E-state index in [2.05, 4.69) is 26.0 Å². The van der Waals surface area contributed by atoms with Crippen LogP contribution in [0.4, 0.5) is 0 Å². The number of pyridine rings is 1. The van der Waals surface area contributed by atoms with Crippen LogP contribution in [0.1, 0.15) is 5.69 Å². The Bertz CT molecular complexity index is 1260. The van der Waals surface area contributed by atoms with Gasteiger partial charge >= 0.3 is 0 Å². The van der Waals surface area contributed by atoms with Crippen LogP contribution in [0.5, 0.6) is 11.5 Å². The molecule has 0 spiro atoms. The molecule has 0 unspecified atom stereocenters. The Kier molecular flexibility index (Phi) is 6.59. The lowest BCUT2D eigenvalue weighted by atomic mass is 10.2. The largest absolute Gasteiger partial charge is 0.490 e. The summed E-state index contributed by atoms with van der Waals surface area (Å²) in [6, 6.07) is 16.6. The van der Waals surface area contributed by atoms with Gasteiger partial charge in [-0.05, 0) is 42.5 Å². The number of ether oxygens (including phenoxy) is 3. The lowest BCUT2D eigenvalue weighted by Gasteiger charge is -2.10. The molecule has 0 atom stereocenters. The molecule has 4 rings (SSSR count). The quantitative estimate of drug-likeness (QED) is 0.352. The van der Waals surface area contributed by atoms with Crippen molar-refractivity contribution >= 4 is 26.8 Å². The van der Waals surface area contributed by atoms with Gasteiger partial charge in [0.05, 0.1) is 24.0 Å². The van der Waals surface area contributed by atoms with Gasteiger partial charge in [-0.1, -0.05) is 22.0 Å². The highest BCUT2D eigenvalue weighted by Crippen LogP contribution is 2.23. The first-order valence-electron chi connectivity index (χ1n) is 9.61. The van der Waals surface area contributed by atoms with E-state index in [1.54, 1.807) is 24.2 Å². The molecule has 158 valence electrons. The van der Waals surface area contributed by atoms with Gasteiger partial charge in [0.1, 0.15) is 30.4 Å². The average molecular weight is 482 g/mol. The minimum absolute atomic E-state index is 0.0522. The molecule has 0 fully saturated rings. The topological polar surface area (TPSA) is 75.5 Å². The summed E-state index contributed by atoms with van der Waals surface area (Å²) >= 11 is 3.45. The van der Waals surface area contributed by atoms with Gasteiger partial charge < -0.3 is 14.2 Å². The van der Waals surface area contributed by atoms with Crippen LogP contribution in [-0.4, -0.2) is 35.1 Å². The molecular weight excluding hydrogens is 462 g/mol. The fourth-order valence-corrected chi connectivity index (χ4v) is 3.35. The summed E-state index contributed by atoms with van der Waals surface area (Å²) < 4.78 is 19.1. The second-order valence-electron chi connectivity index (χ2n) is 6.71. The zero-order valence-electron chi connectivity index (χ0n) is 16.8. The molecule has 0 N–H and O–H groups in total. The van der Waals surface area contributed by atoms with Crippen LogP contribution < -0.4 is 14.9 Å². The van der Waals surface area contributed by atoms with E-state index in [1.807, 2.05) is 48.5 Å². The van der Waals surface area contributed by atoms with Crippen molar-refractivity contribution < 1.29 is 14.2 Å². The average Bonchev–Trinajstić information content (AvgIpc) is 2.78. The van der Waals surface area contributed by atoms with E-state index in [4.69, 9.17) is 14.2 Å². The maximum Gasteiger partial charge on any atom is 0.206 e. The summed E-state index contributed by atoms with van der Waals surface area (Å²) in [5, 5.41) is 5.31. The number of hydrogen-bond donors (Lipinski definition) is 0. The van der Waals surface area contributed by atoms with Crippen molar-refractivity contribution in [3.8, 4) is 17.2 Å². The summed E-state index contributed by atoms with van der Waals surface area (Å²) in [4.78, 5) is 16.7. The summed E-state index contributed by atoms with van der Waals surface area (Å²) in [5.41, 5.74) is 1.80. The highest BCUT2D eigenvalue weighted by atomic mass is 79.9. The number of fused-ring (bicyclic) bond motifs is 1. The Morgan fingerprint density at radius 3 is 2.71 bits per heavy atom. The monoisotopic (exact) mass is 481 g/mol. The highest BCUT2D eigenvalue weighted by molar-refractivity contribution is 9.10. The van der Waals surface area contributed by atoms with Gasteiger partial charge in [0.15, 0.2) is 0 Å². The zero-order chi connectivity index (χ0) is 21.6. The van der Waals surface area contributed by atoms with E-state index in [1.165, 1.54) is 6.07 Å². The van der Waals surface area contributed by atoms with Crippen LogP contribution in [0.3, 0.4) is 0 Å². The van der Waals surface area contributed by atoms with Gasteiger partial charge in [-0.25, -0.2) is 4.68 Å². The molecule has 8 heteroatoms. The molecule has 2 aromatic heterocycles.